The average Bonchev–Trinajstić information content (AvgIpc) is 2.70. The molecule has 0 N–H and O–H groups in total. The Balaban J connectivity index is 2.18. The summed E-state index contributed by atoms with van der Waals surface area (Å²) in [5.74, 6) is 1.25. The van der Waals surface area contributed by atoms with Gasteiger partial charge in [0.1, 0.15) is 24.7 Å². The van der Waals surface area contributed by atoms with Crippen molar-refractivity contribution in [1.29, 1.82) is 0 Å². The number of alkyl halides is 4. The molecule has 3 nitrogen and oxygen atoms in total. The Morgan fingerprint density at radius 3 is 1.83 bits per heavy atom. The van der Waals surface area contributed by atoms with Gasteiger partial charge in [0, 0.05) is 21.8 Å². The fourth-order valence-corrected chi connectivity index (χ4v) is 4.74. The van der Waals surface area contributed by atoms with Crippen LogP contribution < -0.4 is 9.47 Å². The van der Waals surface area contributed by atoms with Crippen LogP contribution in [0.3, 0.4) is 0 Å². The summed E-state index contributed by atoms with van der Waals surface area (Å²) in [6.45, 7) is 1.01. The Bertz CT molecular complexity index is 837. The molecule has 0 bridgehead atoms. The molecule has 0 spiro atoms. The number of halogens is 7. The summed E-state index contributed by atoms with van der Waals surface area (Å²) in [5, 5.41) is 1.57. The van der Waals surface area contributed by atoms with Crippen molar-refractivity contribution in [1.82, 2.24) is 0 Å². The molecule has 2 rings (SSSR count). The van der Waals surface area contributed by atoms with E-state index in [4.69, 9.17) is 9.47 Å². The van der Waals surface area contributed by atoms with E-state index in [-0.39, 0.29) is 15.4 Å². The Kier molecular flexibility index (Phi) is 11.7. The number of benzene rings is 2. The summed E-state index contributed by atoms with van der Waals surface area (Å²) in [6.07, 6.45) is 0. The molecular weight excluding hydrogens is 836 g/mol. The average molecular weight is 851 g/mol. The van der Waals surface area contributed by atoms with E-state index >= 15 is 0 Å². The lowest BCUT2D eigenvalue weighted by Crippen LogP contribution is -2.13. The molecule has 0 saturated heterocycles. The van der Waals surface area contributed by atoms with Gasteiger partial charge in [-0.1, -0.05) is 63.7 Å². The number of hydrogen-bond donors (Lipinski definition) is 0. The van der Waals surface area contributed by atoms with Crippen LogP contribution in [0.15, 0.2) is 43.7 Å². The van der Waals surface area contributed by atoms with Crippen molar-refractivity contribution in [2.24, 2.45) is 0 Å². The maximum atomic E-state index is 13.0. The van der Waals surface area contributed by atoms with Crippen LogP contribution in [-0.2, 0) is 0 Å². The van der Waals surface area contributed by atoms with E-state index in [0.717, 1.165) is 15.1 Å². The van der Waals surface area contributed by atoms with E-state index in [1.54, 1.807) is 30.3 Å². The molecule has 0 aliphatic carbocycles. The first kappa shape index (κ1) is 26.3. The molecular formula is C19H15Br7O3. The molecule has 0 aliphatic rings. The fraction of sp³-hybridized carbons (Fsp3) is 0.316. The monoisotopic (exact) mass is 844 g/mol. The van der Waals surface area contributed by atoms with Crippen molar-refractivity contribution in [3.63, 3.8) is 0 Å². The van der Waals surface area contributed by atoms with Gasteiger partial charge in [0.2, 0.25) is 0 Å². The first-order valence-electron chi connectivity index (χ1n) is 8.25. The number of carbonyl (C=O) groups is 1. The van der Waals surface area contributed by atoms with Crippen molar-refractivity contribution >= 4 is 117 Å². The van der Waals surface area contributed by atoms with Gasteiger partial charge in [0.15, 0.2) is 5.78 Å². The van der Waals surface area contributed by atoms with E-state index < -0.39 is 0 Å². The molecule has 2 atom stereocenters. The normalized spacial score (nSPS) is 13.1. The van der Waals surface area contributed by atoms with E-state index in [9.17, 15) is 4.79 Å². The molecule has 0 aromatic heterocycles. The molecule has 2 unspecified atom stereocenters. The number of rotatable bonds is 10. The second-order valence-corrected chi connectivity index (χ2v) is 12.3. The number of carbonyl (C=O) groups excluding carboxylic acids is 1. The van der Waals surface area contributed by atoms with Crippen LogP contribution in [-0.4, -0.2) is 39.3 Å². The highest BCUT2D eigenvalue weighted by Gasteiger charge is 2.17. The van der Waals surface area contributed by atoms with Gasteiger partial charge in [-0.3, -0.25) is 4.79 Å². The van der Waals surface area contributed by atoms with Crippen LogP contribution >= 0.6 is 112 Å². The number of hydrogen-bond acceptors (Lipinski definition) is 3. The van der Waals surface area contributed by atoms with Crippen molar-refractivity contribution in [2.45, 2.75) is 9.65 Å². The summed E-state index contributed by atoms with van der Waals surface area (Å²) >= 11 is 24.3. The second kappa shape index (κ2) is 12.9. The summed E-state index contributed by atoms with van der Waals surface area (Å²) in [6, 6.07) is 8.86. The van der Waals surface area contributed by atoms with Gasteiger partial charge in [-0.2, -0.15) is 0 Å². The van der Waals surface area contributed by atoms with Crippen LogP contribution in [0.5, 0.6) is 11.5 Å². The molecule has 0 aliphatic heterocycles. The third-order valence-corrected chi connectivity index (χ3v) is 9.89. The SMILES string of the molecule is O=C(c1ccc(OCC(Br)CBr)c(Br)c1)c1cc(Br)c(OCC(Br)CBr)c(Br)c1. The lowest BCUT2D eigenvalue weighted by molar-refractivity contribution is 0.103. The van der Waals surface area contributed by atoms with Gasteiger partial charge in [-0.25, -0.2) is 0 Å². The maximum Gasteiger partial charge on any atom is 0.193 e. The predicted molar refractivity (Wildman–Crippen MR) is 143 cm³/mol. The van der Waals surface area contributed by atoms with Gasteiger partial charge >= 0.3 is 0 Å². The van der Waals surface area contributed by atoms with Gasteiger partial charge in [-0.15, -0.1) is 0 Å². The smallest absolute Gasteiger partial charge is 0.193 e. The van der Waals surface area contributed by atoms with Gasteiger partial charge < -0.3 is 9.47 Å². The Morgan fingerprint density at radius 2 is 1.31 bits per heavy atom. The molecule has 158 valence electrons. The van der Waals surface area contributed by atoms with Crippen molar-refractivity contribution in [3.05, 3.63) is 54.9 Å². The minimum absolute atomic E-state index is 0.0946. The van der Waals surface area contributed by atoms with Gasteiger partial charge in [-0.05, 0) is 78.1 Å². The zero-order chi connectivity index (χ0) is 21.6. The maximum absolute atomic E-state index is 13.0. The molecule has 2 aromatic rings. The minimum atomic E-state index is -0.0946. The molecule has 2 aromatic carbocycles. The molecule has 0 amide bonds. The highest BCUT2D eigenvalue weighted by molar-refractivity contribution is 9.12. The van der Waals surface area contributed by atoms with Crippen molar-refractivity contribution in [3.8, 4) is 11.5 Å². The minimum Gasteiger partial charge on any atom is -0.491 e. The van der Waals surface area contributed by atoms with Crippen LogP contribution in [0.25, 0.3) is 0 Å². The summed E-state index contributed by atoms with van der Waals surface area (Å²) in [5.41, 5.74) is 1.11. The van der Waals surface area contributed by atoms with Crippen molar-refractivity contribution < 1.29 is 14.3 Å². The Labute approximate surface area is 229 Å². The third-order valence-electron chi connectivity index (χ3n) is 3.62. The Hall–Kier alpha value is 1.07. The Morgan fingerprint density at radius 1 is 0.793 bits per heavy atom. The van der Waals surface area contributed by atoms with Gasteiger partial charge in [0.25, 0.3) is 0 Å². The van der Waals surface area contributed by atoms with E-state index in [1.807, 2.05) is 0 Å². The van der Waals surface area contributed by atoms with E-state index in [0.29, 0.717) is 44.8 Å². The zero-order valence-electron chi connectivity index (χ0n) is 14.7. The van der Waals surface area contributed by atoms with Crippen LogP contribution in [0.1, 0.15) is 15.9 Å². The number of ether oxygens (including phenoxy) is 2. The summed E-state index contributed by atoms with van der Waals surface area (Å²) in [4.78, 5) is 13.4. The van der Waals surface area contributed by atoms with E-state index in [2.05, 4.69) is 112 Å². The highest BCUT2D eigenvalue weighted by atomic mass is 79.9. The topological polar surface area (TPSA) is 35.5 Å². The molecule has 0 heterocycles. The summed E-state index contributed by atoms with van der Waals surface area (Å²) in [7, 11) is 0. The molecule has 10 heteroatoms. The standard InChI is InChI=1S/C19H15Br7O3/c20-6-12(22)8-28-17-2-1-10(3-14(17)24)18(27)11-4-15(25)19(16(26)5-11)29-9-13(23)7-21/h1-5,12-13H,6-9H2. The largest absolute Gasteiger partial charge is 0.491 e. The molecule has 0 radical (unpaired) electrons. The number of ketones is 1. The van der Waals surface area contributed by atoms with Crippen molar-refractivity contribution in [2.75, 3.05) is 23.9 Å². The van der Waals surface area contributed by atoms with Crippen LogP contribution in [0, 0.1) is 0 Å². The predicted octanol–water partition coefficient (Wildman–Crippen LogP) is 8.28. The lowest BCUT2D eigenvalue weighted by atomic mass is 10.0. The fourth-order valence-electron chi connectivity index (χ4n) is 2.20. The second-order valence-electron chi connectivity index (χ2n) is 5.87. The first-order chi connectivity index (χ1) is 13.8. The first-order valence-corrected chi connectivity index (χ1v) is 14.7. The molecule has 29 heavy (non-hydrogen) atoms. The quantitative estimate of drug-likeness (QED) is 0.179. The molecule has 0 fully saturated rings. The third kappa shape index (κ3) is 7.86. The summed E-state index contributed by atoms with van der Waals surface area (Å²) < 4.78 is 13.8. The lowest BCUT2D eigenvalue weighted by Gasteiger charge is -2.14. The highest BCUT2D eigenvalue weighted by Crippen LogP contribution is 2.36. The van der Waals surface area contributed by atoms with E-state index in [1.165, 1.54) is 0 Å². The zero-order valence-corrected chi connectivity index (χ0v) is 25.8. The van der Waals surface area contributed by atoms with Crippen LogP contribution in [0.4, 0.5) is 0 Å². The van der Waals surface area contributed by atoms with Crippen LogP contribution in [0.2, 0.25) is 0 Å². The molecule has 0 saturated carbocycles. The van der Waals surface area contributed by atoms with Gasteiger partial charge in [0.05, 0.1) is 23.1 Å².